The standard InChI is InChI=1S/C14H23ClN2O4S2.ClH/c1-10(2)8-14(3,9-16)17-23(20,21)13-7-11(22(4,18)19)5-6-12(13)15;/h5-7,10,17H,8-9,16H2,1-4H3;1H. The summed E-state index contributed by atoms with van der Waals surface area (Å²) < 4.78 is 51.1. The van der Waals surface area contributed by atoms with Gasteiger partial charge in [-0.3, -0.25) is 0 Å². The minimum atomic E-state index is -4.02. The molecule has 0 aliphatic rings. The Morgan fingerprint density at radius 1 is 1.25 bits per heavy atom. The Bertz CT molecular complexity index is 780. The van der Waals surface area contributed by atoms with Gasteiger partial charge in [0, 0.05) is 18.3 Å². The highest BCUT2D eigenvalue weighted by Gasteiger charge is 2.31. The van der Waals surface area contributed by atoms with Gasteiger partial charge in [0.1, 0.15) is 4.90 Å². The van der Waals surface area contributed by atoms with Crippen molar-refractivity contribution in [2.45, 2.75) is 42.5 Å². The van der Waals surface area contributed by atoms with Crippen LogP contribution in [-0.2, 0) is 19.9 Å². The maximum Gasteiger partial charge on any atom is 0.242 e. The molecule has 1 atom stereocenters. The lowest BCUT2D eigenvalue weighted by Gasteiger charge is -2.31. The van der Waals surface area contributed by atoms with Crippen molar-refractivity contribution in [2.24, 2.45) is 11.7 Å². The predicted molar refractivity (Wildman–Crippen MR) is 99.0 cm³/mol. The van der Waals surface area contributed by atoms with Crippen LogP contribution in [0.15, 0.2) is 28.0 Å². The molecule has 0 aliphatic heterocycles. The summed E-state index contributed by atoms with van der Waals surface area (Å²) in [5.41, 5.74) is 4.87. The predicted octanol–water partition coefficient (Wildman–Crippen LogP) is 2.21. The molecular weight excluding hydrogens is 395 g/mol. The van der Waals surface area contributed by atoms with E-state index in [4.69, 9.17) is 17.3 Å². The number of rotatable bonds is 7. The van der Waals surface area contributed by atoms with Gasteiger partial charge in [-0.1, -0.05) is 25.4 Å². The second kappa shape index (κ2) is 8.33. The van der Waals surface area contributed by atoms with Crippen molar-refractivity contribution < 1.29 is 16.8 Å². The number of halogens is 2. The summed E-state index contributed by atoms with van der Waals surface area (Å²) in [6.07, 6.45) is 1.54. The molecular formula is C14H24Cl2N2O4S2. The van der Waals surface area contributed by atoms with Gasteiger partial charge in [0.2, 0.25) is 10.0 Å². The average Bonchev–Trinajstić information content (AvgIpc) is 2.35. The van der Waals surface area contributed by atoms with Gasteiger partial charge in [-0.05, 0) is 37.5 Å². The summed E-state index contributed by atoms with van der Waals surface area (Å²) in [6.45, 7) is 5.73. The van der Waals surface area contributed by atoms with Gasteiger partial charge in [0.15, 0.2) is 9.84 Å². The van der Waals surface area contributed by atoms with E-state index in [-0.39, 0.29) is 39.7 Å². The van der Waals surface area contributed by atoms with Crippen LogP contribution in [0.5, 0.6) is 0 Å². The van der Waals surface area contributed by atoms with E-state index in [0.29, 0.717) is 6.42 Å². The third-order valence-electron chi connectivity index (χ3n) is 3.31. The van der Waals surface area contributed by atoms with Gasteiger partial charge >= 0.3 is 0 Å². The zero-order valence-electron chi connectivity index (χ0n) is 14.0. The second-order valence-corrected chi connectivity index (χ2v) is 10.4. The molecule has 0 spiro atoms. The van der Waals surface area contributed by atoms with Crippen LogP contribution in [0.3, 0.4) is 0 Å². The monoisotopic (exact) mass is 418 g/mol. The molecule has 1 aromatic carbocycles. The Labute approximate surface area is 155 Å². The largest absolute Gasteiger partial charge is 0.329 e. The minimum absolute atomic E-state index is 0. The molecule has 0 heterocycles. The van der Waals surface area contributed by atoms with Crippen molar-refractivity contribution in [3.05, 3.63) is 23.2 Å². The summed E-state index contributed by atoms with van der Waals surface area (Å²) in [5, 5.41) is -0.0474. The highest BCUT2D eigenvalue weighted by atomic mass is 35.5. The molecule has 0 radical (unpaired) electrons. The number of nitrogens with two attached hydrogens (primary N) is 1. The van der Waals surface area contributed by atoms with E-state index >= 15 is 0 Å². The van der Waals surface area contributed by atoms with Crippen LogP contribution in [0.25, 0.3) is 0 Å². The van der Waals surface area contributed by atoms with E-state index in [1.54, 1.807) is 6.92 Å². The van der Waals surface area contributed by atoms with Gasteiger partial charge in [-0.15, -0.1) is 12.4 Å². The number of nitrogens with one attached hydrogen (secondary N) is 1. The van der Waals surface area contributed by atoms with Crippen molar-refractivity contribution in [1.29, 1.82) is 0 Å². The fourth-order valence-electron chi connectivity index (χ4n) is 2.37. The molecule has 1 unspecified atom stereocenters. The first-order chi connectivity index (χ1) is 10.3. The molecule has 1 rings (SSSR count). The molecule has 0 aromatic heterocycles. The summed E-state index contributed by atoms with van der Waals surface area (Å²) in [7, 11) is -7.56. The Balaban J connectivity index is 0.00000529. The van der Waals surface area contributed by atoms with Gasteiger partial charge in [0.25, 0.3) is 0 Å². The van der Waals surface area contributed by atoms with Gasteiger partial charge in [-0.2, -0.15) is 0 Å². The highest BCUT2D eigenvalue weighted by Crippen LogP contribution is 2.27. The van der Waals surface area contributed by atoms with E-state index in [1.165, 1.54) is 12.1 Å². The van der Waals surface area contributed by atoms with Crippen molar-refractivity contribution in [3.63, 3.8) is 0 Å². The molecule has 0 aliphatic carbocycles. The minimum Gasteiger partial charge on any atom is -0.329 e. The molecule has 6 nitrogen and oxygen atoms in total. The average molecular weight is 419 g/mol. The number of benzene rings is 1. The number of sulfonamides is 1. The van der Waals surface area contributed by atoms with Crippen molar-refractivity contribution in [3.8, 4) is 0 Å². The van der Waals surface area contributed by atoms with Crippen LogP contribution in [0.4, 0.5) is 0 Å². The molecule has 0 fully saturated rings. The third-order valence-corrected chi connectivity index (χ3v) is 6.54. The smallest absolute Gasteiger partial charge is 0.242 e. The maximum atomic E-state index is 12.6. The first-order valence-corrected chi connectivity index (χ1v) is 10.8. The molecule has 0 amide bonds. The second-order valence-electron chi connectivity index (χ2n) is 6.33. The fraction of sp³-hybridized carbons (Fsp3) is 0.571. The molecule has 0 saturated heterocycles. The summed E-state index contributed by atoms with van der Waals surface area (Å²) in [6, 6.07) is 3.59. The maximum absolute atomic E-state index is 12.6. The summed E-state index contributed by atoms with van der Waals surface area (Å²) in [5.74, 6) is 0.226. The van der Waals surface area contributed by atoms with Crippen molar-refractivity contribution in [1.82, 2.24) is 4.72 Å². The number of hydrogen-bond acceptors (Lipinski definition) is 5. The quantitative estimate of drug-likeness (QED) is 0.705. The highest BCUT2D eigenvalue weighted by molar-refractivity contribution is 7.91. The van der Waals surface area contributed by atoms with E-state index in [1.807, 2.05) is 13.8 Å². The molecule has 0 bridgehead atoms. The Morgan fingerprint density at radius 3 is 2.21 bits per heavy atom. The first-order valence-electron chi connectivity index (χ1n) is 7.04. The molecule has 10 heteroatoms. The van der Waals surface area contributed by atoms with Crippen LogP contribution in [-0.4, -0.2) is 35.2 Å². The van der Waals surface area contributed by atoms with E-state index in [9.17, 15) is 16.8 Å². The molecule has 3 N–H and O–H groups in total. The van der Waals surface area contributed by atoms with Crippen LogP contribution < -0.4 is 10.5 Å². The van der Waals surface area contributed by atoms with Crippen LogP contribution in [0.2, 0.25) is 5.02 Å². The SMILES string of the molecule is CC(C)CC(C)(CN)NS(=O)(=O)c1cc(S(C)(=O)=O)ccc1Cl.Cl. The normalized spacial score (nSPS) is 15.0. The first kappa shape index (κ1) is 23.6. The van der Waals surface area contributed by atoms with Crippen molar-refractivity contribution in [2.75, 3.05) is 12.8 Å². The lowest BCUT2D eigenvalue weighted by atomic mass is 9.92. The fourth-order valence-corrected chi connectivity index (χ4v) is 5.04. The molecule has 0 saturated carbocycles. The number of sulfone groups is 1. The van der Waals surface area contributed by atoms with Gasteiger partial charge in [0.05, 0.1) is 9.92 Å². The Kier molecular flexibility index (Phi) is 8.20. The summed E-state index contributed by atoms with van der Waals surface area (Å²) >= 11 is 5.96. The van der Waals surface area contributed by atoms with Crippen LogP contribution >= 0.6 is 24.0 Å². The zero-order chi connectivity index (χ0) is 18.1. The van der Waals surface area contributed by atoms with Crippen molar-refractivity contribution >= 4 is 43.9 Å². The third kappa shape index (κ3) is 6.16. The van der Waals surface area contributed by atoms with E-state index < -0.39 is 25.4 Å². The Hall–Kier alpha value is -0.380. The molecule has 24 heavy (non-hydrogen) atoms. The number of hydrogen-bond donors (Lipinski definition) is 2. The van der Waals surface area contributed by atoms with E-state index in [2.05, 4.69) is 4.72 Å². The van der Waals surface area contributed by atoms with Gasteiger partial charge < -0.3 is 5.73 Å². The Morgan fingerprint density at radius 2 is 1.79 bits per heavy atom. The lowest BCUT2D eigenvalue weighted by Crippen LogP contribution is -2.52. The zero-order valence-corrected chi connectivity index (χ0v) is 17.2. The van der Waals surface area contributed by atoms with Crippen LogP contribution in [0, 0.1) is 5.92 Å². The molecule has 1 aromatic rings. The van der Waals surface area contributed by atoms with E-state index in [0.717, 1.165) is 12.3 Å². The molecule has 140 valence electrons. The van der Waals surface area contributed by atoms with Crippen LogP contribution in [0.1, 0.15) is 27.2 Å². The summed E-state index contributed by atoms with van der Waals surface area (Å²) in [4.78, 5) is -0.383. The lowest BCUT2D eigenvalue weighted by molar-refractivity contribution is 0.344. The van der Waals surface area contributed by atoms with Gasteiger partial charge in [-0.25, -0.2) is 21.6 Å². The topological polar surface area (TPSA) is 106 Å².